The summed E-state index contributed by atoms with van der Waals surface area (Å²) >= 11 is 0. The van der Waals surface area contributed by atoms with Gasteiger partial charge in [0.1, 0.15) is 0 Å². The third-order valence-corrected chi connectivity index (χ3v) is 18.7. The van der Waals surface area contributed by atoms with Crippen molar-refractivity contribution < 1.29 is 18.1 Å². The topological polar surface area (TPSA) is 44.8 Å². The van der Waals surface area contributed by atoms with E-state index in [-0.39, 0.29) is 0 Å². The fourth-order valence-corrected chi connectivity index (χ4v) is 13.1. The van der Waals surface area contributed by atoms with Gasteiger partial charge in [-0.05, 0) is 19.3 Å². The molecule has 0 aliphatic carbocycles. The number of hydrogen-bond donors (Lipinski definition) is 0. The lowest BCUT2D eigenvalue weighted by atomic mass is 10.0. The molecule has 77 heavy (non-hydrogen) atoms. The van der Waals surface area contributed by atoms with Crippen LogP contribution in [0.4, 0.5) is 0 Å². The molecular formula is C72H147O4P. The van der Waals surface area contributed by atoms with Crippen LogP contribution in [0, 0.1) is 0 Å². The average molecular weight is 1110 g/mol. The van der Waals surface area contributed by atoms with E-state index in [1.165, 1.54) is 385 Å². The second kappa shape index (κ2) is 70.4. The Hall–Kier alpha value is 0.110. The van der Waals surface area contributed by atoms with Gasteiger partial charge in [0.05, 0.1) is 19.8 Å². The van der Waals surface area contributed by atoms with E-state index in [2.05, 4.69) is 20.8 Å². The number of phosphoric ester groups is 1. The standard InChI is InChI=1S/C72H147O4P/c1-4-7-10-13-16-19-22-25-28-31-34-37-40-43-46-49-52-55-58-61-64-67-70-74-77(73,75-71-68-65-62-59-56-53-50-47-44-41-38-35-32-29-26-23-20-17-14-11-8-5-2)76-72-69-66-63-60-57-54-51-48-45-42-39-36-33-30-27-24-21-18-15-12-9-6-3/h4-72H2,1-3H3. The van der Waals surface area contributed by atoms with Crippen LogP contribution in [-0.2, 0) is 18.1 Å². The molecular weight excluding hydrogens is 960 g/mol. The number of hydrogen-bond acceptors (Lipinski definition) is 4. The molecule has 0 aromatic heterocycles. The molecule has 0 N–H and O–H groups in total. The first-order valence-corrected chi connectivity index (χ1v) is 38.2. The molecule has 5 heteroatoms. The molecule has 0 bridgehead atoms. The van der Waals surface area contributed by atoms with Crippen LogP contribution in [0.5, 0.6) is 0 Å². The van der Waals surface area contributed by atoms with E-state index in [0.29, 0.717) is 19.8 Å². The minimum Gasteiger partial charge on any atom is -0.287 e. The summed E-state index contributed by atoms with van der Waals surface area (Å²) in [6, 6.07) is 0. The van der Waals surface area contributed by atoms with Crippen molar-refractivity contribution in [2.45, 2.75) is 445 Å². The van der Waals surface area contributed by atoms with Crippen molar-refractivity contribution in [2.75, 3.05) is 19.8 Å². The van der Waals surface area contributed by atoms with Gasteiger partial charge >= 0.3 is 7.82 Å². The van der Waals surface area contributed by atoms with Gasteiger partial charge in [-0.1, -0.05) is 425 Å². The molecule has 0 aliphatic rings. The predicted molar refractivity (Wildman–Crippen MR) is 347 cm³/mol. The summed E-state index contributed by atoms with van der Waals surface area (Å²) in [7, 11) is -3.51. The monoisotopic (exact) mass is 1110 g/mol. The Morgan fingerprint density at radius 1 is 0.156 bits per heavy atom. The summed E-state index contributed by atoms with van der Waals surface area (Å²) < 4.78 is 31.7. The molecule has 0 amide bonds. The Morgan fingerprint density at radius 2 is 0.247 bits per heavy atom. The molecule has 0 atom stereocenters. The molecule has 0 unspecified atom stereocenters. The molecule has 0 saturated heterocycles. The first-order valence-electron chi connectivity index (χ1n) is 36.7. The zero-order valence-corrected chi connectivity index (χ0v) is 54.8. The van der Waals surface area contributed by atoms with Crippen LogP contribution in [0.3, 0.4) is 0 Å². The summed E-state index contributed by atoms with van der Waals surface area (Å²) in [4.78, 5) is 0. The Morgan fingerprint density at radius 3 is 0.351 bits per heavy atom. The molecule has 0 aromatic rings. The van der Waals surface area contributed by atoms with Crippen LogP contribution >= 0.6 is 7.82 Å². The van der Waals surface area contributed by atoms with Crippen molar-refractivity contribution in [3.8, 4) is 0 Å². The van der Waals surface area contributed by atoms with E-state index in [4.69, 9.17) is 13.6 Å². The van der Waals surface area contributed by atoms with E-state index in [9.17, 15) is 4.57 Å². The van der Waals surface area contributed by atoms with Crippen LogP contribution < -0.4 is 0 Å². The number of unbranched alkanes of at least 4 members (excludes halogenated alkanes) is 63. The predicted octanol–water partition coefficient (Wildman–Crippen LogP) is 28.0. The molecule has 464 valence electrons. The Labute approximate surface area is 488 Å². The second-order valence-corrected chi connectivity index (χ2v) is 26.9. The number of phosphoric acid groups is 1. The molecule has 0 spiro atoms. The molecule has 0 radical (unpaired) electrons. The van der Waals surface area contributed by atoms with Crippen LogP contribution in [0.1, 0.15) is 445 Å². The lowest BCUT2D eigenvalue weighted by molar-refractivity contribution is 0.108. The lowest BCUT2D eigenvalue weighted by Gasteiger charge is -2.18. The third-order valence-electron chi connectivity index (χ3n) is 17.2. The normalized spacial score (nSPS) is 12.0. The van der Waals surface area contributed by atoms with Crippen LogP contribution in [0.15, 0.2) is 0 Å². The number of rotatable bonds is 72. The average Bonchev–Trinajstić information content (AvgIpc) is 3.43. The summed E-state index contributed by atoms with van der Waals surface area (Å²) in [5.74, 6) is 0. The van der Waals surface area contributed by atoms with Crippen molar-refractivity contribution in [2.24, 2.45) is 0 Å². The molecule has 0 heterocycles. The summed E-state index contributed by atoms with van der Waals surface area (Å²) in [5.41, 5.74) is 0. The van der Waals surface area contributed by atoms with E-state index >= 15 is 0 Å². The van der Waals surface area contributed by atoms with Gasteiger partial charge in [0, 0.05) is 0 Å². The SMILES string of the molecule is CCCCCCCCCCCCCCCCCCCCCCCCOP(=O)(OCCCCCCCCCCCCCCCCCCCCCCCC)OCCCCCCCCCCCCCCCCCCCCCCCC. The Bertz CT molecular complexity index is 939. The second-order valence-electron chi connectivity index (χ2n) is 25.2. The lowest BCUT2D eigenvalue weighted by Crippen LogP contribution is -2.04. The van der Waals surface area contributed by atoms with Crippen molar-refractivity contribution >= 4 is 7.82 Å². The van der Waals surface area contributed by atoms with Gasteiger partial charge in [0.15, 0.2) is 0 Å². The maximum Gasteiger partial charge on any atom is 0.474 e. The van der Waals surface area contributed by atoms with Crippen LogP contribution in [0.2, 0.25) is 0 Å². The van der Waals surface area contributed by atoms with Gasteiger partial charge in [-0.25, -0.2) is 4.57 Å². The van der Waals surface area contributed by atoms with Gasteiger partial charge in [-0.15, -0.1) is 0 Å². The Kier molecular flexibility index (Phi) is 70.5. The molecule has 0 saturated carbocycles. The molecule has 0 aliphatic heterocycles. The van der Waals surface area contributed by atoms with E-state index < -0.39 is 7.82 Å². The van der Waals surface area contributed by atoms with E-state index in [1.807, 2.05) is 0 Å². The van der Waals surface area contributed by atoms with Gasteiger partial charge in [0.2, 0.25) is 0 Å². The molecule has 0 rings (SSSR count). The highest BCUT2D eigenvalue weighted by Gasteiger charge is 2.26. The van der Waals surface area contributed by atoms with Gasteiger partial charge in [-0.3, -0.25) is 13.6 Å². The summed E-state index contributed by atoms with van der Waals surface area (Å²) in [5, 5.41) is 0. The Balaban J connectivity index is 4.09. The van der Waals surface area contributed by atoms with Crippen molar-refractivity contribution in [3.63, 3.8) is 0 Å². The molecule has 4 nitrogen and oxygen atoms in total. The zero-order valence-electron chi connectivity index (χ0n) is 53.9. The van der Waals surface area contributed by atoms with E-state index in [0.717, 1.165) is 38.5 Å². The maximum absolute atomic E-state index is 13.8. The van der Waals surface area contributed by atoms with Crippen LogP contribution in [0.25, 0.3) is 0 Å². The highest BCUT2D eigenvalue weighted by molar-refractivity contribution is 7.48. The maximum atomic E-state index is 13.8. The molecule has 0 aromatic carbocycles. The first kappa shape index (κ1) is 77.1. The minimum atomic E-state index is -3.51. The smallest absolute Gasteiger partial charge is 0.287 e. The summed E-state index contributed by atoms with van der Waals surface area (Å²) in [6.45, 7) is 8.36. The zero-order chi connectivity index (χ0) is 55.4. The van der Waals surface area contributed by atoms with Crippen molar-refractivity contribution in [1.82, 2.24) is 0 Å². The summed E-state index contributed by atoms with van der Waals surface area (Å²) in [6.07, 6.45) is 91.2. The fourth-order valence-electron chi connectivity index (χ4n) is 11.8. The van der Waals surface area contributed by atoms with Crippen molar-refractivity contribution in [1.29, 1.82) is 0 Å². The third kappa shape index (κ3) is 68.5. The van der Waals surface area contributed by atoms with Gasteiger partial charge in [0.25, 0.3) is 0 Å². The van der Waals surface area contributed by atoms with Crippen LogP contribution in [-0.4, -0.2) is 19.8 Å². The minimum absolute atomic E-state index is 0.481. The highest BCUT2D eigenvalue weighted by Crippen LogP contribution is 2.50. The highest BCUT2D eigenvalue weighted by atomic mass is 31.2. The van der Waals surface area contributed by atoms with Gasteiger partial charge in [-0.2, -0.15) is 0 Å². The van der Waals surface area contributed by atoms with Gasteiger partial charge < -0.3 is 0 Å². The fraction of sp³-hybridized carbons (Fsp3) is 1.00. The largest absolute Gasteiger partial charge is 0.474 e. The van der Waals surface area contributed by atoms with Crippen molar-refractivity contribution in [3.05, 3.63) is 0 Å². The quantitative estimate of drug-likeness (QED) is 0.0450. The first-order chi connectivity index (χ1) is 38.2. The van der Waals surface area contributed by atoms with E-state index in [1.54, 1.807) is 0 Å². The molecule has 0 fully saturated rings.